The number of fused-ring (bicyclic) bond motifs is 1. The fraction of sp³-hybridized carbons (Fsp3) is 0.524. The van der Waals surface area contributed by atoms with E-state index in [1.54, 1.807) is 4.90 Å². The fourth-order valence-corrected chi connectivity index (χ4v) is 3.47. The zero-order valence-electron chi connectivity index (χ0n) is 16.3. The molecule has 0 saturated heterocycles. The van der Waals surface area contributed by atoms with Crippen molar-refractivity contribution in [3.63, 3.8) is 0 Å². The molecular formula is C21H30N4O. The van der Waals surface area contributed by atoms with Crippen molar-refractivity contribution in [2.45, 2.75) is 52.5 Å². The number of aromatic nitrogens is 2. The van der Waals surface area contributed by atoms with Gasteiger partial charge in [0.1, 0.15) is 0 Å². The van der Waals surface area contributed by atoms with Crippen LogP contribution in [0.3, 0.4) is 0 Å². The molecule has 1 atom stereocenters. The van der Waals surface area contributed by atoms with Crippen molar-refractivity contribution in [1.29, 1.82) is 0 Å². The van der Waals surface area contributed by atoms with Crippen molar-refractivity contribution in [2.24, 2.45) is 11.7 Å². The predicted molar refractivity (Wildman–Crippen MR) is 105 cm³/mol. The van der Waals surface area contributed by atoms with Gasteiger partial charge in [-0.15, -0.1) is 0 Å². The highest BCUT2D eigenvalue weighted by Crippen LogP contribution is 2.28. The Labute approximate surface area is 156 Å². The van der Waals surface area contributed by atoms with Crippen LogP contribution in [-0.2, 0) is 12.8 Å². The van der Waals surface area contributed by atoms with E-state index in [1.165, 1.54) is 11.3 Å². The molecule has 1 unspecified atom stereocenters. The van der Waals surface area contributed by atoms with Crippen molar-refractivity contribution in [2.75, 3.05) is 13.6 Å². The Morgan fingerprint density at radius 3 is 2.62 bits per heavy atom. The second-order valence-electron chi connectivity index (χ2n) is 7.80. The Morgan fingerprint density at radius 2 is 1.96 bits per heavy atom. The summed E-state index contributed by atoms with van der Waals surface area (Å²) in [5.74, 6) is 0.425. The van der Waals surface area contributed by atoms with Crippen molar-refractivity contribution >= 4 is 5.91 Å². The number of aryl methyl sites for hydroxylation is 1. The molecule has 5 nitrogen and oxygen atoms in total. The van der Waals surface area contributed by atoms with Crippen LogP contribution >= 0.6 is 0 Å². The number of benzene rings is 1. The third kappa shape index (κ3) is 3.68. The van der Waals surface area contributed by atoms with Crippen molar-refractivity contribution in [1.82, 2.24) is 14.7 Å². The number of amides is 1. The van der Waals surface area contributed by atoms with Crippen LogP contribution in [0.25, 0.3) is 5.69 Å². The topological polar surface area (TPSA) is 64.2 Å². The van der Waals surface area contributed by atoms with Crippen LogP contribution in [0.5, 0.6) is 0 Å². The molecule has 26 heavy (non-hydrogen) atoms. The smallest absolute Gasteiger partial charge is 0.274 e. The summed E-state index contributed by atoms with van der Waals surface area (Å²) in [7, 11) is 1.85. The minimum atomic E-state index is 0.00460. The maximum Gasteiger partial charge on any atom is 0.274 e. The van der Waals surface area contributed by atoms with Crippen LogP contribution in [0.1, 0.15) is 54.0 Å². The highest BCUT2D eigenvalue weighted by atomic mass is 16.2. The van der Waals surface area contributed by atoms with E-state index in [-0.39, 0.29) is 11.9 Å². The second kappa shape index (κ2) is 7.62. The van der Waals surface area contributed by atoms with Crippen LogP contribution in [0, 0.1) is 12.8 Å². The first-order chi connectivity index (χ1) is 12.4. The van der Waals surface area contributed by atoms with Gasteiger partial charge in [0.2, 0.25) is 0 Å². The standard InChI is InChI=1S/C21H30N4O/c1-14(2)18(22)12-13-24(4)21(26)20-17-6-5-7-19(17)25(23-20)16-10-8-15(3)9-11-16/h8-11,14,18H,5-7,12-13,22H2,1-4H3. The fourth-order valence-electron chi connectivity index (χ4n) is 3.47. The molecule has 1 aromatic heterocycles. The van der Waals surface area contributed by atoms with E-state index in [0.717, 1.165) is 36.9 Å². The molecule has 5 heteroatoms. The number of hydrogen-bond donors (Lipinski definition) is 1. The lowest BCUT2D eigenvalue weighted by Crippen LogP contribution is -2.35. The van der Waals surface area contributed by atoms with E-state index in [1.807, 2.05) is 11.7 Å². The lowest BCUT2D eigenvalue weighted by atomic mass is 10.0. The Balaban J connectivity index is 1.83. The number of rotatable bonds is 6. The Hall–Kier alpha value is -2.14. The number of hydrogen-bond acceptors (Lipinski definition) is 3. The maximum atomic E-state index is 13.0. The van der Waals surface area contributed by atoms with Gasteiger partial charge in [-0.05, 0) is 50.7 Å². The van der Waals surface area contributed by atoms with Crippen LogP contribution in [0.15, 0.2) is 24.3 Å². The van der Waals surface area contributed by atoms with Gasteiger partial charge in [-0.3, -0.25) is 4.79 Å². The summed E-state index contributed by atoms with van der Waals surface area (Å²) in [6, 6.07) is 8.42. The molecule has 1 amide bonds. The number of carbonyl (C=O) groups excluding carboxylic acids is 1. The first kappa shape index (κ1) is 18.6. The summed E-state index contributed by atoms with van der Waals surface area (Å²) in [5.41, 5.74) is 11.3. The average Bonchev–Trinajstić information content (AvgIpc) is 3.22. The van der Waals surface area contributed by atoms with Crippen LogP contribution < -0.4 is 5.73 Å². The van der Waals surface area contributed by atoms with Gasteiger partial charge in [0, 0.05) is 30.9 Å². The molecule has 2 aromatic rings. The van der Waals surface area contributed by atoms with Crippen molar-refractivity contribution in [3.05, 3.63) is 46.8 Å². The SMILES string of the molecule is Cc1ccc(-n2nc(C(=O)N(C)CCC(N)C(C)C)c3c2CCC3)cc1. The van der Waals surface area contributed by atoms with Gasteiger partial charge in [0.05, 0.1) is 5.69 Å². The molecule has 1 heterocycles. The van der Waals surface area contributed by atoms with Crippen LogP contribution in [0.2, 0.25) is 0 Å². The molecule has 1 aromatic carbocycles. The molecule has 0 aliphatic heterocycles. The molecule has 3 rings (SSSR count). The molecule has 140 valence electrons. The first-order valence-electron chi connectivity index (χ1n) is 9.57. The summed E-state index contributed by atoms with van der Waals surface area (Å²) in [5, 5.41) is 4.71. The lowest BCUT2D eigenvalue weighted by molar-refractivity contribution is 0.0782. The molecule has 0 radical (unpaired) electrons. The van der Waals surface area contributed by atoms with E-state index >= 15 is 0 Å². The predicted octanol–water partition coefficient (Wildman–Crippen LogP) is 3.11. The summed E-state index contributed by atoms with van der Waals surface area (Å²) in [6.07, 6.45) is 3.80. The van der Waals surface area contributed by atoms with Gasteiger partial charge in [0.15, 0.2) is 5.69 Å². The van der Waals surface area contributed by atoms with Gasteiger partial charge in [0.25, 0.3) is 5.91 Å². The largest absolute Gasteiger partial charge is 0.340 e. The minimum absolute atomic E-state index is 0.00460. The summed E-state index contributed by atoms with van der Waals surface area (Å²) < 4.78 is 1.96. The Bertz CT molecular complexity index is 776. The van der Waals surface area contributed by atoms with Gasteiger partial charge < -0.3 is 10.6 Å². The van der Waals surface area contributed by atoms with Crippen molar-refractivity contribution < 1.29 is 4.79 Å². The van der Waals surface area contributed by atoms with E-state index < -0.39 is 0 Å². The van der Waals surface area contributed by atoms with E-state index in [2.05, 4.69) is 45.0 Å². The summed E-state index contributed by atoms with van der Waals surface area (Å²) in [4.78, 5) is 14.8. The molecular weight excluding hydrogens is 324 g/mol. The van der Waals surface area contributed by atoms with Gasteiger partial charge in [-0.2, -0.15) is 5.10 Å². The van der Waals surface area contributed by atoms with Gasteiger partial charge >= 0.3 is 0 Å². The first-order valence-corrected chi connectivity index (χ1v) is 9.57. The number of nitrogens with two attached hydrogens (primary N) is 1. The lowest BCUT2D eigenvalue weighted by Gasteiger charge is -2.21. The molecule has 0 bridgehead atoms. The Morgan fingerprint density at radius 1 is 1.27 bits per heavy atom. The number of carbonyl (C=O) groups is 1. The molecule has 0 saturated carbocycles. The molecule has 1 aliphatic carbocycles. The van der Waals surface area contributed by atoms with Gasteiger partial charge in [-0.25, -0.2) is 4.68 Å². The normalized spacial score (nSPS) is 14.5. The van der Waals surface area contributed by atoms with E-state index in [9.17, 15) is 4.79 Å². The molecule has 1 aliphatic rings. The quantitative estimate of drug-likeness (QED) is 0.867. The number of nitrogens with zero attached hydrogens (tertiary/aromatic N) is 3. The third-order valence-electron chi connectivity index (χ3n) is 5.41. The van der Waals surface area contributed by atoms with E-state index in [4.69, 9.17) is 10.8 Å². The van der Waals surface area contributed by atoms with Crippen LogP contribution in [-0.4, -0.2) is 40.2 Å². The summed E-state index contributed by atoms with van der Waals surface area (Å²) in [6.45, 7) is 6.96. The maximum absolute atomic E-state index is 13.0. The van der Waals surface area contributed by atoms with Gasteiger partial charge in [-0.1, -0.05) is 31.5 Å². The summed E-state index contributed by atoms with van der Waals surface area (Å²) >= 11 is 0. The molecule has 0 spiro atoms. The molecule has 2 N–H and O–H groups in total. The zero-order valence-corrected chi connectivity index (χ0v) is 16.3. The van der Waals surface area contributed by atoms with E-state index in [0.29, 0.717) is 18.2 Å². The zero-order chi connectivity index (χ0) is 18.8. The monoisotopic (exact) mass is 354 g/mol. The highest BCUT2D eigenvalue weighted by molar-refractivity contribution is 5.94. The highest BCUT2D eigenvalue weighted by Gasteiger charge is 2.28. The molecule has 0 fully saturated rings. The second-order valence-corrected chi connectivity index (χ2v) is 7.80. The average molecular weight is 354 g/mol. The third-order valence-corrected chi connectivity index (χ3v) is 5.41. The Kier molecular flexibility index (Phi) is 5.47. The van der Waals surface area contributed by atoms with Crippen molar-refractivity contribution in [3.8, 4) is 5.69 Å². The van der Waals surface area contributed by atoms with Crippen LogP contribution in [0.4, 0.5) is 0 Å². The minimum Gasteiger partial charge on any atom is -0.340 e.